The highest BCUT2D eigenvalue weighted by Gasteiger charge is 2.22. The lowest BCUT2D eigenvalue weighted by Crippen LogP contribution is -2.23. The third-order valence-corrected chi connectivity index (χ3v) is 7.63. The van der Waals surface area contributed by atoms with E-state index in [1.165, 1.54) is 38.0 Å². The Morgan fingerprint density at radius 2 is 1.87 bits per heavy atom. The normalized spacial score (nSPS) is 11.6. The van der Waals surface area contributed by atoms with Gasteiger partial charge in [-0.3, -0.25) is 4.79 Å². The zero-order chi connectivity index (χ0) is 22.6. The molecule has 31 heavy (non-hydrogen) atoms. The van der Waals surface area contributed by atoms with Gasteiger partial charge in [-0.1, -0.05) is 53.7 Å². The van der Waals surface area contributed by atoms with Gasteiger partial charge in [-0.25, -0.2) is 12.7 Å². The summed E-state index contributed by atoms with van der Waals surface area (Å²) in [6, 6.07) is 14.1. The molecule has 8 nitrogen and oxygen atoms in total. The van der Waals surface area contributed by atoms with Crippen molar-refractivity contribution < 1.29 is 13.2 Å². The van der Waals surface area contributed by atoms with Crippen molar-refractivity contribution in [3.63, 3.8) is 0 Å². The Labute approximate surface area is 190 Å². The number of carbonyl (C=O) groups excluding carboxylic acids is 1. The number of thioether (sulfide) groups is 1. The summed E-state index contributed by atoms with van der Waals surface area (Å²) < 4.78 is 27.8. The van der Waals surface area contributed by atoms with E-state index >= 15 is 0 Å². The van der Waals surface area contributed by atoms with Gasteiger partial charge in [0.2, 0.25) is 15.9 Å². The molecule has 1 amide bonds. The molecule has 3 rings (SSSR count). The van der Waals surface area contributed by atoms with Crippen molar-refractivity contribution in [3.05, 3.63) is 53.6 Å². The second-order valence-electron chi connectivity index (χ2n) is 6.69. The van der Waals surface area contributed by atoms with E-state index in [-0.39, 0.29) is 21.6 Å². The molecule has 1 aromatic heterocycles. The third-order valence-electron chi connectivity index (χ3n) is 4.37. The van der Waals surface area contributed by atoms with Crippen LogP contribution < -0.4 is 5.32 Å². The number of carbonyl (C=O) groups is 1. The van der Waals surface area contributed by atoms with Crippen molar-refractivity contribution >= 4 is 45.0 Å². The zero-order valence-electron chi connectivity index (χ0n) is 17.2. The number of rotatable bonds is 8. The largest absolute Gasteiger partial charge is 0.325 e. The van der Waals surface area contributed by atoms with Crippen LogP contribution in [0.4, 0.5) is 5.69 Å². The molecule has 0 fully saturated rings. The Morgan fingerprint density at radius 1 is 1.16 bits per heavy atom. The van der Waals surface area contributed by atoms with Crippen LogP contribution >= 0.6 is 23.4 Å². The fourth-order valence-corrected chi connectivity index (χ4v) is 4.98. The summed E-state index contributed by atoms with van der Waals surface area (Å²) in [6.07, 6.45) is 0. The number of halogens is 1. The molecule has 0 aliphatic heterocycles. The van der Waals surface area contributed by atoms with Crippen LogP contribution in [0.25, 0.3) is 11.4 Å². The fraction of sp³-hybridized carbons (Fsp3) is 0.250. The first kappa shape index (κ1) is 23.3. The first-order chi connectivity index (χ1) is 14.7. The minimum absolute atomic E-state index is 0.0668. The quantitative estimate of drug-likeness (QED) is 0.496. The summed E-state index contributed by atoms with van der Waals surface area (Å²) in [5.74, 6) is 0.528. The van der Waals surface area contributed by atoms with Gasteiger partial charge in [0.05, 0.1) is 10.8 Å². The molecule has 0 aliphatic rings. The van der Waals surface area contributed by atoms with Crippen LogP contribution in [-0.2, 0) is 21.4 Å². The number of anilines is 1. The summed E-state index contributed by atoms with van der Waals surface area (Å²) >= 11 is 7.31. The minimum atomic E-state index is -3.73. The van der Waals surface area contributed by atoms with Crippen LogP contribution in [0.3, 0.4) is 0 Å². The van der Waals surface area contributed by atoms with E-state index in [2.05, 4.69) is 15.5 Å². The van der Waals surface area contributed by atoms with Gasteiger partial charge in [-0.15, -0.1) is 10.2 Å². The van der Waals surface area contributed by atoms with Crippen LogP contribution in [0, 0.1) is 0 Å². The van der Waals surface area contributed by atoms with E-state index < -0.39 is 10.0 Å². The number of nitrogens with one attached hydrogen (secondary N) is 1. The second-order valence-corrected chi connectivity index (χ2v) is 10.2. The number of benzene rings is 2. The Balaban J connectivity index is 1.71. The lowest BCUT2D eigenvalue weighted by atomic mass is 10.2. The standard InChI is InChI=1S/C20H22ClN5O3S2/c1-4-26-19(14-8-6-5-7-9-14)23-24-20(26)30-13-18(27)22-15-10-11-16(21)17(12-15)31(28,29)25(2)3/h5-12H,4,13H2,1-3H3,(H,22,27). The third kappa shape index (κ3) is 5.27. The minimum Gasteiger partial charge on any atom is -0.325 e. The van der Waals surface area contributed by atoms with Gasteiger partial charge in [0, 0.05) is 31.9 Å². The fourth-order valence-electron chi connectivity index (χ4n) is 2.78. The smallest absolute Gasteiger partial charge is 0.244 e. The Kier molecular flexibility index (Phi) is 7.37. The average molecular weight is 480 g/mol. The van der Waals surface area contributed by atoms with E-state index in [1.54, 1.807) is 6.07 Å². The molecule has 0 atom stereocenters. The highest BCUT2D eigenvalue weighted by molar-refractivity contribution is 7.99. The highest BCUT2D eigenvalue weighted by atomic mass is 35.5. The van der Waals surface area contributed by atoms with Crippen molar-refractivity contribution in [1.29, 1.82) is 0 Å². The van der Waals surface area contributed by atoms with Crippen molar-refractivity contribution in [3.8, 4) is 11.4 Å². The molecular formula is C20H22ClN5O3S2. The molecule has 0 saturated carbocycles. The molecule has 1 N–H and O–H groups in total. The summed E-state index contributed by atoms with van der Waals surface area (Å²) in [6.45, 7) is 2.64. The van der Waals surface area contributed by atoms with Crippen LogP contribution in [0.2, 0.25) is 5.02 Å². The molecule has 164 valence electrons. The van der Waals surface area contributed by atoms with Crippen LogP contribution in [0.15, 0.2) is 58.6 Å². The number of hydrogen-bond acceptors (Lipinski definition) is 6. The number of hydrogen-bond donors (Lipinski definition) is 1. The summed E-state index contributed by atoms with van der Waals surface area (Å²) in [4.78, 5) is 12.4. The van der Waals surface area contributed by atoms with Gasteiger partial charge >= 0.3 is 0 Å². The zero-order valence-corrected chi connectivity index (χ0v) is 19.6. The number of amides is 1. The van der Waals surface area contributed by atoms with Crippen molar-refractivity contribution in [2.24, 2.45) is 0 Å². The van der Waals surface area contributed by atoms with E-state index in [4.69, 9.17) is 11.6 Å². The Morgan fingerprint density at radius 3 is 2.52 bits per heavy atom. The molecule has 3 aromatic rings. The molecule has 0 spiro atoms. The van der Waals surface area contributed by atoms with Gasteiger partial charge in [-0.05, 0) is 25.1 Å². The first-order valence-corrected chi connectivity index (χ1v) is 12.2. The first-order valence-electron chi connectivity index (χ1n) is 9.37. The summed E-state index contributed by atoms with van der Waals surface area (Å²) in [7, 11) is -0.895. The monoisotopic (exact) mass is 479 g/mol. The van der Waals surface area contributed by atoms with Crippen molar-refractivity contribution in [2.75, 3.05) is 25.2 Å². The number of sulfonamides is 1. The molecule has 11 heteroatoms. The summed E-state index contributed by atoms with van der Waals surface area (Å²) in [5.41, 5.74) is 1.29. The molecule has 0 aliphatic carbocycles. The van der Waals surface area contributed by atoms with Gasteiger partial charge in [-0.2, -0.15) is 0 Å². The molecule has 0 unspecified atom stereocenters. The van der Waals surface area contributed by atoms with Gasteiger partial charge in [0.1, 0.15) is 4.90 Å². The Hall–Kier alpha value is -2.40. The van der Waals surface area contributed by atoms with E-state index in [1.807, 2.05) is 41.8 Å². The topological polar surface area (TPSA) is 97.2 Å². The molecule has 0 bridgehead atoms. The van der Waals surface area contributed by atoms with Crippen molar-refractivity contribution in [2.45, 2.75) is 23.5 Å². The predicted octanol–water partition coefficient (Wildman–Crippen LogP) is 3.60. The lowest BCUT2D eigenvalue weighted by molar-refractivity contribution is -0.113. The SMILES string of the molecule is CCn1c(SCC(=O)Nc2ccc(Cl)c(S(=O)(=O)N(C)C)c2)nnc1-c1ccccc1. The van der Waals surface area contributed by atoms with E-state index in [0.29, 0.717) is 17.4 Å². The average Bonchev–Trinajstić information content (AvgIpc) is 3.17. The molecule has 0 saturated heterocycles. The van der Waals surface area contributed by atoms with Crippen LogP contribution in [-0.4, -0.2) is 53.2 Å². The summed E-state index contributed by atoms with van der Waals surface area (Å²) in [5, 5.41) is 11.9. The van der Waals surface area contributed by atoms with E-state index in [9.17, 15) is 13.2 Å². The van der Waals surface area contributed by atoms with Crippen LogP contribution in [0.5, 0.6) is 0 Å². The van der Waals surface area contributed by atoms with Crippen molar-refractivity contribution in [1.82, 2.24) is 19.1 Å². The van der Waals surface area contributed by atoms with Crippen LogP contribution in [0.1, 0.15) is 6.92 Å². The van der Waals surface area contributed by atoms with Gasteiger partial charge in [0.15, 0.2) is 11.0 Å². The molecule has 0 radical (unpaired) electrons. The maximum Gasteiger partial charge on any atom is 0.244 e. The maximum atomic E-state index is 12.5. The molecule has 1 heterocycles. The molecule has 2 aromatic carbocycles. The maximum absolute atomic E-state index is 12.5. The highest BCUT2D eigenvalue weighted by Crippen LogP contribution is 2.27. The van der Waals surface area contributed by atoms with E-state index in [0.717, 1.165) is 15.7 Å². The van der Waals surface area contributed by atoms with Gasteiger partial charge in [0.25, 0.3) is 0 Å². The molecular weight excluding hydrogens is 458 g/mol. The predicted molar refractivity (Wildman–Crippen MR) is 123 cm³/mol. The second kappa shape index (κ2) is 9.82. The Bertz CT molecular complexity index is 1180. The number of aromatic nitrogens is 3. The number of nitrogens with zero attached hydrogens (tertiary/aromatic N) is 4. The van der Waals surface area contributed by atoms with Gasteiger partial charge < -0.3 is 9.88 Å². The lowest BCUT2D eigenvalue weighted by Gasteiger charge is -2.14.